The molecule has 2 bridgehead atoms. The molecular weight excluding hydrogens is 504 g/mol. The van der Waals surface area contributed by atoms with Crippen LogP contribution in [0.1, 0.15) is 79.6 Å². The van der Waals surface area contributed by atoms with Crippen molar-refractivity contribution in [1.82, 2.24) is 0 Å². The Kier molecular flexibility index (Phi) is 4.78. The number of aliphatic hydroxyl groups is 3. The van der Waals surface area contributed by atoms with Gasteiger partial charge in [-0.2, -0.15) is 0 Å². The van der Waals surface area contributed by atoms with Crippen LogP contribution in [0.5, 0.6) is 0 Å². The summed E-state index contributed by atoms with van der Waals surface area (Å²) in [4.78, 5) is 38.3. The molecule has 3 saturated heterocycles. The summed E-state index contributed by atoms with van der Waals surface area (Å²) in [5.74, 6) is -1.87. The van der Waals surface area contributed by atoms with Crippen LogP contribution in [0.2, 0.25) is 0 Å². The van der Waals surface area contributed by atoms with Crippen LogP contribution in [0.25, 0.3) is 0 Å². The van der Waals surface area contributed by atoms with Gasteiger partial charge >= 0.3 is 11.9 Å². The highest BCUT2D eigenvalue weighted by Crippen LogP contribution is 2.76. The monoisotopic (exact) mass is 544 g/mol. The van der Waals surface area contributed by atoms with Crippen molar-refractivity contribution in [3.05, 3.63) is 12.2 Å². The summed E-state index contributed by atoms with van der Waals surface area (Å²) in [5.41, 5.74) is -7.76. The highest BCUT2D eigenvalue weighted by molar-refractivity contribution is 5.98. The van der Waals surface area contributed by atoms with E-state index in [1.165, 1.54) is 13.0 Å². The Morgan fingerprint density at radius 1 is 0.974 bits per heavy atom. The summed E-state index contributed by atoms with van der Waals surface area (Å²) in [6, 6.07) is 0. The van der Waals surface area contributed by atoms with Crippen LogP contribution in [0, 0.1) is 34.0 Å². The maximum Gasteiger partial charge on any atom is 0.315 e. The molecule has 9 heteroatoms. The topological polar surface area (TPSA) is 143 Å². The van der Waals surface area contributed by atoms with Crippen molar-refractivity contribution < 1.29 is 43.9 Å². The Morgan fingerprint density at radius 3 is 2.28 bits per heavy atom. The summed E-state index contributed by atoms with van der Waals surface area (Å²) in [6.07, 6.45) is 4.34. The number of epoxide rings is 1. The van der Waals surface area contributed by atoms with E-state index in [1.54, 1.807) is 19.9 Å². The molecule has 214 valence electrons. The van der Waals surface area contributed by atoms with Gasteiger partial charge in [-0.05, 0) is 83.3 Å². The third kappa shape index (κ3) is 2.62. The molecule has 1 spiro atoms. The summed E-state index contributed by atoms with van der Waals surface area (Å²) in [5, 5.41) is 36.4. The van der Waals surface area contributed by atoms with E-state index in [0.29, 0.717) is 38.5 Å². The fraction of sp³-hybridized carbons (Fsp3) is 0.833. The standard InChI is InChI=1S/C30H40O9/c1-15(31)37-21-7-6-20(32)27(5)16-8-9-25(3)28(35,17(16)12-22-30(21,27)39-22)10-11-29(25,36)18-13-24(2)23(33)38-19(18)14-26(24,4)34/h6-7,16-19,21-22,34-36H,8-14H2,1-5H3. The number of ether oxygens (including phenoxy) is 3. The Morgan fingerprint density at radius 2 is 1.64 bits per heavy atom. The predicted octanol–water partition coefficient (Wildman–Crippen LogP) is 1.99. The van der Waals surface area contributed by atoms with E-state index in [-0.39, 0.29) is 30.1 Å². The van der Waals surface area contributed by atoms with Gasteiger partial charge in [-0.25, -0.2) is 0 Å². The maximum atomic E-state index is 13.6. The first-order valence-electron chi connectivity index (χ1n) is 14.5. The zero-order valence-corrected chi connectivity index (χ0v) is 23.4. The highest BCUT2D eigenvalue weighted by atomic mass is 16.7. The largest absolute Gasteiger partial charge is 0.461 e. The second-order valence-corrected chi connectivity index (χ2v) is 14.6. The third-order valence-corrected chi connectivity index (χ3v) is 13.5. The molecule has 0 aromatic heterocycles. The molecule has 8 rings (SSSR count). The number of carbonyl (C=O) groups is 3. The van der Waals surface area contributed by atoms with Crippen molar-refractivity contribution in [3.8, 4) is 0 Å². The normalized spacial score (nSPS) is 60.5. The van der Waals surface area contributed by atoms with E-state index in [1.807, 2.05) is 13.8 Å². The van der Waals surface area contributed by atoms with Gasteiger partial charge in [0.1, 0.15) is 11.7 Å². The molecule has 39 heavy (non-hydrogen) atoms. The van der Waals surface area contributed by atoms with Crippen LogP contribution < -0.4 is 0 Å². The SMILES string of the molecule is CC(=O)OC1C=CC(=O)C2(C)C3CCC4(C)C(O)(C5CC6(C)C(=O)OC5CC6(C)O)CCC4(O)C3CC3OC132. The average molecular weight is 545 g/mol. The van der Waals surface area contributed by atoms with Crippen LogP contribution >= 0.6 is 0 Å². The molecule has 7 fully saturated rings. The minimum Gasteiger partial charge on any atom is -0.461 e. The van der Waals surface area contributed by atoms with E-state index in [9.17, 15) is 29.7 Å². The smallest absolute Gasteiger partial charge is 0.315 e. The number of hydrogen-bond acceptors (Lipinski definition) is 9. The average Bonchev–Trinajstić information content (AvgIpc) is 3.54. The molecule has 0 aromatic rings. The van der Waals surface area contributed by atoms with Crippen LogP contribution in [0.3, 0.4) is 0 Å². The predicted molar refractivity (Wildman–Crippen MR) is 135 cm³/mol. The number of fused-ring (bicyclic) bond motifs is 7. The molecule has 0 aromatic carbocycles. The lowest BCUT2D eigenvalue weighted by Crippen LogP contribution is -2.73. The molecular formula is C30H40O9. The lowest BCUT2D eigenvalue weighted by Gasteiger charge is -2.65. The van der Waals surface area contributed by atoms with Crippen molar-refractivity contribution in [3.63, 3.8) is 0 Å². The molecule has 13 unspecified atom stereocenters. The van der Waals surface area contributed by atoms with Crippen molar-refractivity contribution in [2.24, 2.45) is 34.0 Å². The maximum absolute atomic E-state index is 13.6. The summed E-state index contributed by atoms with van der Waals surface area (Å²) in [7, 11) is 0. The number of ketones is 1. The minimum absolute atomic E-state index is 0.0739. The molecule has 3 N–H and O–H groups in total. The number of allylic oxidation sites excluding steroid dienone is 1. The zero-order valence-electron chi connectivity index (χ0n) is 23.4. The number of rotatable bonds is 2. The zero-order chi connectivity index (χ0) is 28.2. The quantitative estimate of drug-likeness (QED) is 0.351. The van der Waals surface area contributed by atoms with Gasteiger partial charge in [0.2, 0.25) is 0 Å². The number of carbonyl (C=O) groups excluding carboxylic acids is 3. The van der Waals surface area contributed by atoms with Crippen molar-refractivity contribution in [2.75, 3.05) is 0 Å². The molecule has 8 aliphatic rings. The van der Waals surface area contributed by atoms with Crippen molar-refractivity contribution in [2.45, 2.75) is 120 Å². The molecule has 9 nitrogen and oxygen atoms in total. The lowest BCUT2D eigenvalue weighted by molar-refractivity contribution is -0.282. The molecule has 3 heterocycles. The van der Waals surface area contributed by atoms with E-state index in [2.05, 4.69) is 0 Å². The molecule has 0 radical (unpaired) electrons. The highest BCUT2D eigenvalue weighted by Gasteiger charge is 2.84. The van der Waals surface area contributed by atoms with E-state index in [4.69, 9.17) is 14.2 Å². The molecule has 3 aliphatic heterocycles. The van der Waals surface area contributed by atoms with Gasteiger partial charge in [-0.3, -0.25) is 14.4 Å². The molecule has 13 atom stereocenters. The van der Waals surface area contributed by atoms with Gasteiger partial charge < -0.3 is 29.5 Å². The summed E-state index contributed by atoms with van der Waals surface area (Å²) >= 11 is 0. The van der Waals surface area contributed by atoms with Crippen molar-refractivity contribution >= 4 is 17.7 Å². The third-order valence-electron chi connectivity index (χ3n) is 13.5. The Balaban J connectivity index is 1.26. The van der Waals surface area contributed by atoms with Gasteiger partial charge in [0.25, 0.3) is 0 Å². The second kappa shape index (κ2) is 7.15. The van der Waals surface area contributed by atoms with Crippen LogP contribution in [0.15, 0.2) is 12.2 Å². The molecule has 0 amide bonds. The Hall–Kier alpha value is -1.81. The van der Waals surface area contributed by atoms with Gasteiger partial charge in [0.05, 0.1) is 33.7 Å². The summed E-state index contributed by atoms with van der Waals surface area (Å²) in [6.45, 7) is 8.60. The number of esters is 2. The van der Waals surface area contributed by atoms with Crippen molar-refractivity contribution in [1.29, 1.82) is 0 Å². The first-order chi connectivity index (χ1) is 18.0. The first-order valence-corrected chi connectivity index (χ1v) is 14.5. The van der Waals surface area contributed by atoms with Gasteiger partial charge in [-0.1, -0.05) is 6.92 Å². The fourth-order valence-electron chi connectivity index (χ4n) is 10.8. The van der Waals surface area contributed by atoms with E-state index >= 15 is 0 Å². The number of hydrogen-bond donors (Lipinski definition) is 3. The fourth-order valence-corrected chi connectivity index (χ4v) is 10.8. The van der Waals surface area contributed by atoms with Gasteiger partial charge in [0, 0.05) is 24.7 Å². The lowest BCUT2D eigenvalue weighted by atomic mass is 9.41. The summed E-state index contributed by atoms with van der Waals surface area (Å²) < 4.78 is 17.8. The Labute approximate surface area is 228 Å². The first kappa shape index (κ1) is 26.1. The van der Waals surface area contributed by atoms with E-state index in [0.717, 1.165) is 0 Å². The Bertz CT molecular complexity index is 1230. The second-order valence-electron chi connectivity index (χ2n) is 14.6. The van der Waals surface area contributed by atoms with Gasteiger partial charge in [-0.15, -0.1) is 0 Å². The van der Waals surface area contributed by atoms with Crippen LogP contribution in [0.4, 0.5) is 0 Å². The molecule has 5 aliphatic carbocycles. The van der Waals surface area contributed by atoms with Crippen LogP contribution in [-0.4, -0.2) is 73.8 Å². The molecule has 4 saturated carbocycles. The van der Waals surface area contributed by atoms with E-state index < -0.39 is 68.7 Å². The van der Waals surface area contributed by atoms with Crippen LogP contribution in [-0.2, 0) is 28.6 Å². The minimum atomic E-state index is -1.31. The van der Waals surface area contributed by atoms with Gasteiger partial charge in [0.15, 0.2) is 11.9 Å².